The Morgan fingerprint density at radius 1 is 0.841 bits per heavy atom. The van der Waals surface area contributed by atoms with Gasteiger partial charge in [-0.2, -0.15) is 0 Å². The van der Waals surface area contributed by atoms with Crippen LogP contribution in [0.1, 0.15) is 43.2 Å². The third-order valence-electron chi connectivity index (χ3n) is 8.41. The summed E-state index contributed by atoms with van der Waals surface area (Å²) in [6, 6.07) is 20.8. The predicted octanol–water partition coefficient (Wildman–Crippen LogP) is 5.67. The van der Waals surface area contributed by atoms with Gasteiger partial charge >= 0.3 is 5.97 Å². The minimum Gasteiger partial charge on any atom is -0.493 e. The average molecular weight is 597 g/mol. The molecule has 0 radical (unpaired) electrons. The molecule has 2 saturated carbocycles. The van der Waals surface area contributed by atoms with E-state index in [2.05, 4.69) is 4.98 Å². The molecule has 6 rings (SSSR count). The van der Waals surface area contributed by atoms with Crippen LogP contribution in [0, 0.1) is 11.2 Å². The number of Topliss-reactive ketones (excluding diaryl/α,β-unsaturated/α-hetero) is 2. The number of halogens is 1. The smallest absolute Gasteiger partial charge is 0.320 e. The van der Waals surface area contributed by atoms with E-state index in [9.17, 15) is 14.4 Å². The van der Waals surface area contributed by atoms with Gasteiger partial charge in [0.05, 0.1) is 24.1 Å². The van der Waals surface area contributed by atoms with E-state index in [1.807, 2.05) is 30.3 Å². The Morgan fingerprint density at radius 2 is 1.59 bits per heavy atom. The molecule has 4 aromatic rings. The van der Waals surface area contributed by atoms with Gasteiger partial charge in [-0.1, -0.05) is 36.4 Å². The number of nitrogens with two attached hydrogens (primary N) is 1. The molecule has 44 heavy (non-hydrogen) atoms. The fraction of sp³-hybridized carbons (Fsp3) is 0.314. The number of carbonyl (C=O) groups is 3. The van der Waals surface area contributed by atoms with E-state index >= 15 is 4.39 Å². The summed E-state index contributed by atoms with van der Waals surface area (Å²) in [5, 5.41) is 0.668. The predicted molar refractivity (Wildman–Crippen MR) is 161 cm³/mol. The molecule has 0 bridgehead atoms. The number of esters is 1. The zero-order chi connectivity index (χ0) is 30.7. The van der Waals surface area contributed by atoms with Crippen LogP contribution < -0.4 is 15.2 Å². The van der Waals surface area contributed by atoms with Crippen LogP contribution in [0.2, 0.25) is 0 Å². The standard InChI is InChI=1S/C35H33FN2O6/c36-27-18-24(20-32(40)35(13-14-35)31(39)19-23-4-2-1-3-5-23)6-9-30(27)43-29-10-16-38-28-21-25(7-8-26(28)29)42-17-15-34(11-12-34)44-33(41)22-37/h1-10,16,18,21H,11-15,17,19-20,22,37H2. The van der Waals surface area contributed by atoms with E-state index in [1.165, 1.54) is 12.1 Å². The van der Waals surface area contributed by atoms with Crippen molar-refractivity contribution < 1.29 is 33.0 Å². The fourth-order valence-corrected chi connectivity index (χ4v) is 5.46. The maximum Gasteiger partial charge on any atom is 0.320 e. The molecule has 0 spiro atoms. The first-order valence-electron chi connectivity index (χ1n) is 14.8. The zero-order valence-electron chi connectivity index (χ0n) is 24.2. The van der Waals surface area contributed by atoms with Crippen molar-refractivity contribution in [2.24, 2.45) is 11.1 Å². The first kappa shape index (κ1) is 29.4. The van der Waals surface area contributed by atoms with Gasteiger partial charge in [-0.25, -0.2) is 4.39 Å². The molecule has 0 amide bonds. The number of ether oxygens (including phenoxy) is 3. The lowest BCUT2D eigenvalue weighted by Gasteiger charge is -2.16. The summed E-state index contributed by atoms with van der Waals surface area (Å²) < 4.78 is 32.4. The third-order valence-corrected chi connectivity index (χ3v) is 8.41. The number of nitrogens with zero attached hydrogens (tertiary/aromatic N) is 1. The van der Waals surface area contributed by atoms with Gasteiger partial charge in [0.2, 0.25) is 0 Å². The Balaban J connectivity index is 1.08. The lowest BCUT2D eigenvalue weighted by molar-refractivity contribution is -0.150. The summed E-state index contributed by atoms with van der Waals surface area (Å²) in [7, 11) is 0. The molecule has 2 aliphatic rings. The summed E-state index contributed by atoms with van der Waals surface area (Å²) in [5.74, 6) is -0.248. The molecule has 0 unspecified atom stereocenters. The Hall–Kier alpha value is -4.63. The molecule has 8 nitrogen and oxygen atoms in total. The number of aromatic nitrogens is 1. The first-order valence-corrected chi connectivity index (χ1v) is 14.8. The molecule has 9 heteroatoms. The number of hydrogen-bond donors (Lipinski definition) is 1. The van der Waals surface area contributed by atoms with E-state index in [0.29, 0.717) is 53.8 Å². The summed E-state index contributed by atoms with van der Waals surface area (Å²) in [6.07, 6.45) is 5.00. The van der Waals surface area contributed by atoms with Gasteiger partial charge in [0.1, 0.15) is 17.1 Å². The highest BCUT2D eigenvalue weighted by molar-refractivity contribution is 6.11. The maximum atomic E-state index is 15.2. The maximum absolute atomic E-state index is 15.2. The van der Waals surface area contributed by atoms with E-state index < -0.39 is 22.8 Å². The van der Waals surface area contributed by atoms with E-state index in [1.54, 1.807) is 36.5 Å². The molecule has 0 aliphatic heterocycles. The lowest BCUT2D eigenvalue weighted by Crippen LogP contribution is -2.28. The second-order valence-electron chi connectivity index (χ2n) is 11.6. The molecule has 226 valence electrons. The van der Waals surface area contributed by atoms with Gasteiger partial charge in [-0.05, 0) is 67.1 Å². The van der Waals surface area contributed by atoms with Gasteiger partial charge < -0.3 is 19.9 Å². The van der Waals surface area contributed by atoms with Crippen LogP contribution in [0.5, 0.6) is 17.2 Å². The van der Waals surface area contributed by atoms with Crippen LogP contribution in [-0.4, -0.2) is 41.3 Å². The molecule has 1 heterocycles. The van der Waals surface area contributed by atoms with Gasteiger partial charge in [0, 0.05) is 36.9 Å². The quantitative estimate of drug-likeness (QED) is 0.146. The number of rotatable bonds is 14. The SMILES string of the molecule is NCC(=O)OC1(CCOc2ccc3c(Oc4ccc(CC(=O)C5(C(=O)Cc6ccccc6)CC5)cc4F)ccnc3c2)CC1. The highest BCUT2D eigenvalue weighted by Gasteiger charge is 2.54. The topological polar surface area (TPSA) is 118 Å². The third kappa shape index (κ3) is 6.48. The van der Waals surface area contributed by atoms with Crippen molar-refractivity contribution in [1.82, 2.24) is 4.98 Å². The Bertz CT molecular complexity index is 1720. The van der Waals surface area contributed by atoms with E-state index in [-0.39, 0.29) is 36.7 Å². The van der Waals surface area contributed by atoms with Crippen LogP contribution in [0.25, 0.3) is 10.9 Å². The lowest BCUT2D eigenvalue weighted by atomic mass is 9.88. The molecule has 2 fully saturated rings. The van der Waals surface area contributed by atoms with Gasteiger partial charge in [0.15, 0.2) is 23.1 Å². The highest BCUT2D eigenvalue weighted by Crippen LogP contribution is 2.49. The summed E-state index contributed by atoms with van der Waals surface area (Å²) in [5.41, 5.74) is 5.89. The van der Waals surface area contributed by atoms with Crippen LogP contribution in [-0.2, 0) is 32.0 Å². The van der Waals surface area contributed by atoms with Gasteiger partial charge in [0.25, 0.3) is 0 Å². The number of fused-ring (bicyclic) bond motifs is 1. The minimum absolute atomic E-state index is 0.0112. The van der Waals surface area contributed by atoms with Crippen molar-refractivity contribution >= 4 is 28.4 Å². The van der Waals surface area contributed by atoms with Crippen molar-refractivity contribution in [2.45, 2.75) is 50.5 Å². The van der Waals surface area contributed by atoms with Crippen LogP contribution in [0.4, 0.5) is 4.39 Å². The van der Waals surface area contributed by atoms with Crippen molar-refractivity contribution in [3.05, 3.63) is 95.9 Å². The van der Waals surface area contributed by atoms with Gasteiger partial charge in [-0.15, -0.1) is 0 Å². The largest absolute Gasteiger partial charge is 0.493 e. The summed E-state index contributed by atoms with van der Waals surface area (Å²) >= 11 is 0. The zero-order valence-corrected chi connectivity index (χ0v) is 24.2. The molecule has 0 atom stereocenters. The number of benzene rings is 3. The van der Waals surface area contributed by atoms with Crippen LogP contribution in [0.15, 0.2) is 79.0 Å². The normalized spacial score (nSPS) is 15.8. The first-order chi connectivity index (χ1) is 21.3. The number of ketones is 2. The molecule has 2 aliphatic carbocycles. The molecule has 1 aromatic heterocycles. The molecule has 2 N–H and O–H groups in total. The van der Waals surface area contributed by atoms with Crippen molar-refractivity contribution in [3.8, 4) is 17.2 Å². The second-order valence-corrected chi connectivity index (χ2v) is 11.6. The van der Waals surface area contributed by atoms with Crippen molar-refractivity contribution in [2.75, 3.05) is 13.2 Å². The van der Waals surface area contributed by atoms with Crippen LogP contribution >= 0.6 is 0 Å². The fourth-order valence-electron chi connectivity index (χ4n) is 5.46. The number of carbonyl (C=O) groups excluding carboxylic acids is 3. The molecular formula is C35H33FN2O6. The molecular weight excluding hydrogens is 563 g/mol. The summed E-state index contributed by atoms with van der Waals surface area (Å²) in [6.45, 7) is 0.220. The van der Waals surface area contributed by atoms with Gasteiger partial charge in [-0.3, -0.25) is 19.4 Å². The second kappa shape index (κ2) is 12.2. The highest BCUT2D eigenvalue weighted by atomic mass is 19.1. The minimum atomic E-state index is -0.962. The van der Waals surface area contributed by atoms with Crippen LogP contribution in [0.3, 0.4) is 0 Å². The van der Waals surface area contributed by atoms with E-state index in [0.717, 1.165) is 18.4 Å². The molecule has 0 saturated heterocycles. The Kier molecular flexibility index (Phi) is 8.14. The Labute approximate surface area is 254 Å². The average Bonchev–Trinajstić information content (AvgIpc) is 3.96. The monoisotopic (exact) mass is 596 g/mol. The summed E-state index contributed by atoms with van der Waals surface area (Å²) in [4.78, 5) is 42.1. The Morgan fingerprint density at radius 3 is 2.27 bits per heavy atom. The van der Waals surface area contributed by atoms with Crippen molar-refractivity contribution in [3.63, 3.8) is 0 Å². The number of hydrogen-bond acceptors (Lipinski definition) is 8. The molecule has 3 aromatic carbocycles. The number of pyridine rings is 1. The van der Waals surface area contributed by atoms with E-state index in [4.69, 9.17) is 19.9 Å². The van der Waals surface area contributed by atoms with Crippen molar-refractivity contribution in [1.29, 1.82) is 0 Å².